The molecule has 0 bridgehead atoms. The lowest BCUT2D eigenvalue weighted by atomic mass is 9.92. The Hall–Kier alpha value is -2.24. The van der Waals surface area contributed by atoms with Crippen molar-refractivity contribution in [1.82, 2.24) is 5.32 Å². The van der Waals surface area contributed by atoms with Gasteiger partial charge in [0.25, 0.3) is 0 Å². The number of nitrogens with one attached hydrogen (secondary N) is 1. The second-order valence-electron chi connectivity index (χ2n) is 3.63. The Morgan fingerprint density at radius 1 is 1.25 bits per heavy atom. The Labute approximate surface area is 90.5 Å². The predicted octanol–water partition coefficient (Wildman–Crippen LogP) is 0.579. The van der Waals surface area contributed by atoms with E-state index in [0.717, 1.165) is 0 Å². The first-order chi connectivity index (χ1) is 7.43. The fraction of sp³-hybridized carbons (Fsp3) is 0.200. The van der Waals surface area contributed by atoms with Crippen molar-refractivity contribution in [2.45, 2.75) is 12.5 Å². The third-order valence-electron chi connectivity index (χ3n) is 2.50. The standard InChI is InChI=1S/C10H9NO5/c1-10(8(14)16-9(15)11-10)5-2-3-6(12)7(13)4-5/h2-4,12-13H,1H3,(H,11,15)/t10-/m0/s1. The number of phenolic OH excluding ortho intramolecular Hbond substituents is 2. The largest absolute Gasteiger partial charge is 0.504 e. The number of phenols is 2. The molecule has 0 unspecified atom stereocenters. The van der Waals surface area contributed by atoms with Crippen molar-refractivity contribution in [1.29, 1.82) is 0 Å². The number of esters is 1. The molecule has 16 heavy (non-hydrogen) atoms. The maximum Gasteiger partial charge on any atom is 0.416 e. The van der Waals surface area contributed by atoms with Gasteiger partial charge in [0.15, 0.2) is 17.0 Å². The molecule has 0 aromatic heterocycles. The van der Waals surface area contributed by atoms with Crippen LogP contribution in [0, 0.1) is 0 Å². The number of carbonyl (C=O) groups is 2. The van der Waals surface area contributed by atoms with E-state index in [2.05, 4.69) is 10.1 Å². The maximum absolute atomic E-state index is 11.5. The Kier molecular flexibility index (Phi) is 2.01. The molecule has 0 saturated carbocycles. The molecule has 0 spiro atoms. The Morgan fingerprint density at radius 2 is 1.94 bits per heavy atom. The minimum atomic E-state index is -1.33. The number of ether oxygens (including phenoxy) is 1. The number of carbonyl (C=O) groups excluding carboxylic acids is 2. The molecule has 1 aromatic rings. The molecule has 0 aliphatic carbocycles. The van der Waals surface area contributed by atoms with Crippen LogP contribution in [0.5, 0.6) is 11.5 Å². The van der Waals surface area contributed by atoms with Gasteiger partial charge in [0.05, 0.1) is 0 Å². The van der Waals surface area contributed by atoms with Crippen LogP contribution in [0.25, 0.3) is 0 Å². The van der Waals surface area contributed by atoms with E-state index in [9.17, 15) is 14.7 Å². The number of rotatable bonds is 1. The fourth-order valence-corrected chi connectivity index (χ4v) is 1.49. The van der Waals surface area contributed by atoms with Gasteiger partial charge in [-0.25, -0.2) is 9.59 Å². The molecule has 1 fully saturated rings. The second-order valence-corrected chi connectivity index (χ2v) is 3.63. The van der Waals surface area contributed by atoms with Crippen LogP contribution < -0.4 is 5.32 Å². The fourth-order valence-electron chi connectivity index (χ4n) is 1.49. The lowest BCUT2D eigenvalue weighted by Crippen LogP contribution is -2.40. The average Bonchev–Trinajstić information content (AvgIpc) is 2.46. The summed E-state index contributed by atoms with van der Waals surface area (Å²) >= 11 is 0. The normalized spacial score (nSPS) is 24.1. The van der Waals surface area contributed by atoms with Gasteiger partial charge in [-0.05, 0) is 24.6 Å². The summed E-state index contributed by atoms with van der Waals surface area (Å²) in [6.45, 7) is 1.45. The molecule has 1 aliphatic heterocycles. The van der Waals surface area contributed by atoms with E-state index in [1.54, 1.807) is 0 Å². The zero-order valence-electron chi connectivity index (χ0n) is 8.35. The van der Waals surface area contributed by atoms with Crippen molar-refractivity contribution in [2.75, 3.05) is 0 Å². The van der Waals surface area contributed by atoms with E-state index in [1.165, 1.54) is 25.1 Å². The van der Waals surface area contributed by atoms with E-state index >= 15 is 0 Å². The SMILES string of the molecule is C[C@@]1(c2ccc(O)c(O)c2)NC(=O)OC1=O. The molecule has 1 amide bonds. The van der Waals surface area contributed by atoms with Gasteiger partial charge in [0.1, 0.15) is 0 Å². The van der Waals surface area contributed by atoms with Gasteiger partial charge in [-0.3, -0.25) is 0 Å². The quantitative estimate of drug-likeness (QED) is 0.367. The molecule has 84 valence electrons. The van der Waals surface area contributed by atoms with Crippen LogP contribution in [0.2, 0.25) is 0 Å². The van der Waals surface area contributed by atoms with E-state index in [0.29, 0.717) is 5.56 Å². The summed E-state index contributed by atoms with van der Waals surface area (Å²) in [5.41, 5.74) is -0.999. The first kappa shape index (κ1) is 10.3. The number of alkyl carbamates (subject to hydrolysis) is 1. The summed E-state index contributed by atoms with van der Waals surface area (Å²) in [5, 5.41) is 20.8. The van der Waals surface area contributed by atoms with E-state index in [4.69, 9.17) is 5.11 Å². The Bertz CT molecular complexity index is 484. The van der Waals surface area contributed by atoms with Crippen molar-refractivity contribution in [3.8, 4) is 11.5 Å². The molecule has 6 heteroatoms. The summed E-state index contributed by atoms with van der Waals surface area (Å²) in [6.07, 6.45) is -0.833. The van der Waals surface area contributed by atoms with Gasteiger partial charge in [0.2, 0.25) is 0 Å². The molecule has 6 nitrogen and oxygen atoms in total. The summed E-state index contributed by atoms with van der Waals surface area (Å²) in [6, 6.07) is 3.85. The van der Waals surface area contributed by atoms with Crippen molar-refractivity contribution in [2.24, 2.45) is 0 Å². The average molecular weight is 223 g/mol. The number of benzene rings is 1. The van der Waals surface area contributed by atoms with E-state index in [-0.39, 0.29) is 11.5 Å². The number of hydrogen-bond acceptors (Lipinski definition) is 5. The third-order valence-corrected chi connectivity index (χ3v) is 2.50. The molecule has 1 saturated heterocycles. The van der Waals surface area contributed by atoms with Crippen LogP contribution in [-0.2, 0) is 15.1 Å². The molecule has 1 heterocycles. The monoisotopic (exact) mass is 223 g/mol. The Balaban J connectivity index is 2.47. The van der Waals surface area contributed by atoms with Crippen molar-refractivity contribution in [3.05, 3.63) is 23.8 Å². The first-order valence-corrected chi connectivity index (χ1v) is 4.50. The number of cyclic esters (lactones) is 2. The van der Waals surface area contributed by atoms with Crippen molar-refractivity contribution >= 4 is 12.1 Å². The maximum atomic E-state index is 11.5. The lowest BCUT2D eigenvalue weighted by molar-refractivity contribution is -0.139. The summed E-state index contributed by atoms with van der Waals surface area (Å²) < 4.78 is 4.37. The van der Waals surface area contributed by atoms with E-state index in [1.807, 2.05) is 0 Å². The van der Waals surface area contributed by atoms with Crippen LogP contribution in [0.4, 0.5) is 4.79 Å². The molecular weight excluding hydrogens is 214 g/mol. The van der Waals surface area contributed by atoms with Gasteiger partial charge in [-0.1, -0.05) is 6.07 Å². The van der Waals surface area contributed by atoms with Crippen LogP contribution in [0.3, 0.4) is 0 Å². The van der Waals surface area contributed by atoms with Gasteiger partial charge < -0.3 is 20.3 Å². The van der Waals surface area contributed by atoms with Crippen LogP contribution in [0.15, 0.2) is 18.2 Å². The zero-order chi connectivity index (χ0) is 11.9. The highest BCUT2D eigenvalue weighted by atomic mass is 16.6. The lowest BCUT2D eigenvalue weighted by Gasteiger charge is -2.19. The molecule has 0 radical (unpaired) electrons. The molecule has 1 atom stereocenters. The predicted molar refractivity (Wildman–Crippen MR) is 51.7 cm³/mol. The van der Waals surface area contributed by atoms with Crippen LogP contribution >= 0.6 is 0 Å². The van der Waals surface area contributed by atoms with Gasteiger partial charge >= 0.3 is 12.1 Å². The zero-order valence-corrected chi connectivity index (χ0v) is 8.35. The first-order valence-electron chi connectivity index (χ1n) is 4.50. The van der Waals surface area contributed by atoms with Gasteiger partial charge in [-0.15, -0.1) is 0 Å². The highest BCUT2D eigenvalue weighted by Crippen LogP contribution is 2.33. The second kappa shape index (κ2) is 3.13. The van der Waals surface area contributed by atoms with E-state index < -0.39 is 17.6 Å². The third kappa shape index (κ3) is 1.35. The summed E-state index contributed by atoms with van der Waals surface area (Å²) in [7, 11) is 0. The highest BCUT2D eigenvalue weighted by Gasteiger charge is 2.46. The number of aromatic hydroxyl groups is 2. The molecule has 3 N–H and O–H groups in total. The number of amides is 1. The Morgan fingerprint density at radius 3 is 2.44 bits per heavy atom. The molecule has 1 aromatic carbocycles. The molecule has 2 rings (SSSR count). The molecular formula is C10H9NO5. The van der Waals surface area contributed by atoms with Gasteiger partial charge in [-0.2, -0.15) is 0 Å². The summed E-state index contributed by atoms with van der Waals surface area (Å²) in [4.78, 5) is 22.4. The summed E-state index contributed by atoms with van der Waals surface area (Å²) in [5.74, 6) is -1.42. The van der Waals surface area contributed by atoms with Gasteiger partial charge in [0, 0.05) is 0 Å². The van der Waals surface area contributed by atoms with Crippen LogP contribution in [0.1, 0.15) is 12.5 Å². The van der Waals surface area contributed by atoms with Crippen LogP contribution in [-0.4, -0.2) is 22.3 Å². The number of hydrogen-bond donors (Lipinski definition) is 3. The molecule has 1 aliphatic rings. The van der Waals surface area contributed by atoms with Crippen molar-refractivity contribution < 1.29 is 24.5 Å². The minimum Gasteiger partial charge on any atom is -0.504 e. The van der Waals surface area contributed by atoms with Crippen molar-refractivity contribution in [3.63, 3.8) is 0 Å². The smallest absolute Gasteiger partial charge is 0.416 e. The topological polar surface area (TPSA) is 95.9 Å². The minimum absolute atomic E-state index is 0.301. The highest BCUT2D eigenvalue weighted by molar-refractivity contribution is 5.99.